The molecule has 23 heavy (non-hydrogen) atoms. The van der Waals surface area contributed by atoms with Crippen molar-refractivity contribution in [3.8, 4) is 11.1 Å². The number of hydrogen-bond acceptors (Lipinski definition) is 2. The van der Waals surface area contributed by atoms with E-state index >= 15 is 0 Å². The molecule has 0 radical (unpaired) electrons. The number of Topliss-reactive ketones (excluding diaryl/α,β-unsaturated/α-hetero) is 2. The van der Waals surface area contributed by atoms with E-state index in [-0.39, 0.29) is 23.4 Å². The molecule has 0 heterocycles. The van der Waals surface area contributed by atoms with Crippen LogP contribution in [0.25, 0.3) is 11.1 Å². The van der Waals surface area contributed by atoms with Crippen LogP contribution in [0.1, 0.15) is 54.0 Å². The molecule has 0 fully saturated rings. The zero-order valence-electron chi connectivity index (χ0n) is 14.5. The van der Waals surface area contributed by atoms with Gasteiger partial charge in [-0.15, -0.1) is 0 Å². The highest BCUT2D eigenvalue weighted by Crippen LogP contribution is 2.31. The lowest BCUT2D eigenvalue weighted by molar-refractivity contribution is 0.0931. The summed E-state index contributed by atoms with van der Waals surface area (Å²) in [5.74, 6) is 0.0477. The quantitative estimate of drug-likeness (QED) is 0.699. The van der Waals surface area contributed by atoms with E-state index in [9.17, 15) is 9.59 Å². The van der Waals surface area contributed by atoms with E-state index in [4.69, 9.17) is 0 Å². The molecule has 0 aliphatic carbocycles. The van der Waals surface area contributed by atoms with E-state index < -0.39 is 0 Å². The molecule has 0 amide bonds. The van der Waals surface area contributed by atoms with Gasteiger partial charge in [0, 0.05) is 23.0 Å². The zero-order valence-corrected chi connectivity index (χ0v) is 14.5. The Morgan fingerprint density at radius 1 is 0.739 bits per heavy atom. The van der Waals surface area contributed by atoms with E-state index in [0.717, 1.165) is 16.7 Å². The minimum Gasteiger partial charge on any atom is -0.294 e. The molecule has 0 atom stereocenters. The summed E-state index contributed by atoms with van der Waals surface area (Å²) in [5.41, 5.74) is 4.15. The highest BCUT2D eigenvalue weighted by molar-refractivity contribution is 6.08. The molecule has 120 valence electrons. The van der Waals surface area contributed by atoms with Gasteiger partial charge in [0.1, 0.15) is 0 Å². The van der Waals surface area contributed by atoms with Gasteiger partial charge >= 0.3 is 0 Å². The van der Waals surface area contributed by atoms with Crippen molar-refractivity contribution in [3.05, 3.63) is 59.2 Å². The van der Waals surface area contributed by atoms with Crippen molar-refractivity contribution in [1.82, 2.24) is 0 Å². The Morgan fingerprint density at radius 2 is 1.26 bits per heavy atom. The maximum Gasteiger partial charge on any atom is 0.166 e. The lowest BCUT2D eigenvalue weighted by Crippen LogP contribution is -2.12. The second kappa shape index (κ2) is 6.91. The Labute approximate surface area is 138 Å². The van der Waals surface area contributed by atoms with E-state index in [2.05, 4.69) is 0 Å². The summed E-state index contributed by atoms with van der Waals surface area (Å²) in [4.78, 5) is 25.1. The average molecular weight is 308 g/mol. The molecule has 0 aromatic heterocycles. The lowest BCUT2D eigenvalue weighted by atomic mass is 9.87. The number of benzene rings is 2. The monoisotopic (exact) mass is 308 g/mol. The van der Waals surface area contributed by atoms with Gasteiger partial charge in [-0.25, -0.2) is 0 Å². The Morgan fingerprint density at radius 3 is 1.83 bits per heavy atom. The molecule has 2 heteroatoms. The van der Waals surface area contributed by atoms with Crippen LogP contribution in [0.15, 0.2) is 42.5 Å². The summed E-state index contributed by atoms with van der Waals surface area (Å²) in [6, 6.07) is 13.4. The first kappa shape index (κ1) is 17.1. The second-order valence-corrected chi connectivity index (χ2v) is 6.63. The third-order valence-corrected chi connectivity index (χ3v) is 3.97. The van der Waals surface area contributed by atoms with Crippen LogP contribution < -0.4 is 0 Å². The van der Waals surface area contributed by atoms with E-state index in [1.807, 2.05) is 77.1 Å². The van der Waals surface area contributed by atoms with Crippen molar-refractivity contribution in [3.63, 3.8) is 0 Å². The first-order valence-corrected chi connectivity index (χ1v) is 8.11. The molecule has 2 nitrogen and oxygen atoms in total. The standard InChI is InChI=1S/C21H24O2/c1-13(2)20(22)17-9-7-6-8-16(17)19-12-15(5)10-11-18(19)21(23)14(3)4/h6-14H,1-5H3. The molecular weight excluding hydrogens is 284 g/mol. The number of aryl methyl sites for hydroxylation is 1. The average Bonchev–Trinajstić information content (AvgIpc) is 2.53. The van der Waals surface area contributed by atoms with Crippen LogP contribution in [0, 0.1) is 18.8 Å². The Bertz CT molecular complexity index is 739. The normalized spacial score (nSPS) is 11.1. The minimum atomic E-state index is -0.0792. The number of carbonyl (C=O) groups is 2. The van der Waals surface area contributed by atoms with Crippen molar-refractivity contribution in [2.24, 2.45) is 11.8 Å². The second-order valence-electron chi connectivity index (χ2n) is 6.63. The van der Waals surface area contributed by atoms with Gasteiger partial charge < -0.3 is 0 Å². The molecule has 0 saturated carbocycles. The topological polar surface area (TPSA) is 34.1 Å². The van der Waals surface area contributed by atoms with Crippen LogP contribution in [0.4, 0.5) is 0 Å². The molecule has 2 rings (SSSR count). The highest BCUT2D eigenvalue weighted by Gasteiger charge is 2.21. The van der Waals surface area contributed by atoms with Crippen molar-refractivity contribution in [1.29, 1.82) is 0 Å². The van der Waals surface area contributed by atoms with Gasteiger partial charge in [0.2, 0.25) is 0 Å². The van der Waals surface area contributed by atoms with Gasteiger partial charge in [0.15, 0.2) is 11.6 Å². The number of rotatable bonds is 5. The third-order valence-electron chi connectivity index (χ3n) is 3.97. The zero-order chi connectivity index (χ0) is 17.1. The predicted octanol–water partition coefficient (Wildman–Crippen LogP) is 5.34. The number of ketones is 2. The molecular formula is C21H24O2. The predicted molar refractivity (Wildman–Crippen MR) is 95.0 cm³/mol. The van der Waals surface area contributed by atoms with Gasteiger partial charge in [-0.05, 0) is 18.1 Å². The van der Waals surface area contributed by atoms with Crippen LogP contribution in [-0.2, 0) is 0 Å². The van der Waals surface area contributed by atoms with Crippen LogP contribution in [0.5, 0.6) is 0 Å². The molecule has 0 saturated heterocycles. The molecule has 0 unspecified atom stereocenters. The molecule has 0 bridgehead atoms. The van der Waals surface area contributed by atoms with E-state index in [1.54, 1.807) is 0 Å². The molecule has 2 aromatic rings. The summed E-state index contributed by atoms with van der Waals surface area (Å²) >= 11 is 0. The molecule has 0 aliphatic heterocycles. The van der Waals surface area contributed by atoms with Crippen LogP contribution >= 0.6 is 0 Å². The Kier molecular flexibility index (Phi) is 5.15. The van der Waals surface area contributed by atoms with Crippen molar-refractivity contribution < 1.29 is 9.59 Å². The molecule has 0 aliphatic rings. The lowest BCUT2D eigenvalue weighted by Gasteiger charge is -2.16. The number of carbonyl (C=O) groups excluding carboxylic acids is 2. The number of hydrogen-bond donors (Lipinski definition) is 0. The Hall–Kier alpha value is -2.22. The summed E-state index contributed by atoms with van der Waals surface area (Å²) < 4.78 is 0. The summed E-state index contributed by atoms with van der Waals surface area (Å²) in [7, 11) is 0. The summed E-state index contributed by atoms with van der Waals surface area (Å²) in [5, 5.41) is 0. The smallest absolute Gasteiger partial charge is 0.166 e. The van der Waals surface area contributed by atoms with E-state index in [1.165, 1.54) is 0 Å². The van der Waals surface area contributed by atoms with Crippen molar-refractivity contribution >= 4 is 11.6 Å². The van der Waals surface area contributed by atoms with Crippen LogP contribution in [0.2, 0.25) is 0 Å². The largest absolute Gasteiger partial charge is 0.294 e. The first-order chi connectivity index (χ1) is 10.8. The van der Waals surface area contributed by atoms with Crippen molar-refractivity contribution in [2.45, 2.75) is 34.6 Å². The Balaban J connectivity index is 2.70. The first-order valence-electron chi connectivity index (χ1n) is 8.11. The van der Waals surface area contributed by atoms with Crippen LogP contribution in [0.3, 0.4) is 0 Å². The third kappa shape index (κ3) is 3.58. The fraction of sp³-hybridized carbons (Fsp3) is 0.333. The van der Waals surface area contributed by atoms with Gasteiger partial charge in [-0.1, -0.05) is 75.7 Å². The molecule has 0 N–H and O–H groups in total. The SMILES string of the molecule is Cc1ccc(C(=O)C(C)C)c(-c2ccccc2C(=O)C(C)C)c1. The summed E-state index contributed by atoms with van der Waals surface area (Å²) in [6.45, 7) is 9.60. The van der Waals surface area contributed by atoms with E-state index in [0.29, 0.717) is 11.1 Å². The minimum absolute atomic E-state index is 0.0785. The molecule has 0 spiro atoms. The summed E-state index contributed by atoms with van der Waals surface area (Å²) in [6.07, 6.45) is 0. The van der Waals surface area contributed by atoms with Gasteiger partial charge in [-0.3, -0.25) is 9.59 Å². The van der Waals surface area contributed by atoms with Gasteiger partial charge in [0.25, 0.3) is 0 Å². The van der Waals surface area contributed by atoms with Gasteiger partial charge in [-0.2, -0.15) is 0 Å². The highest BCUT2D eigenvalue weighted by atomic mass is 16.1. The molecule has 2 aromatic carbocycles. The fourth-order valence-electron chi connectivity index (χ4n) is 2.65. The fourth-order valence-corrected chi connectivity index (χ4v) is 2.65. The van der Waals surface area contributed by atoms with Gasteiger partial charge in [0.05, 0.1) is 0 Å². The maximum absolute atomic E-state index is 12.6. The van der Waals surface area contributed by atoms with Crippen molar-refractivity contribution in [2.75, 3.05) is 0 Å². The van der Waals surface area contributed by atoms with Crippen LogP contribution in [-0.4, -0.2) is 11.6 Å². The maximum atomic E-state index is 12.6.